The van der Waals surface area contributed by atoms with Crippen LogP contribution in [-0.2, 0) is 5.75 Å². The molecule has 0 aliphatic heterocycles. The van der Waals surface area contributed by atoms with Crippen molar-refractivity contribution < 1.29 is 4.52 Å². The highest BCUT2D eigenvalue weighted by Gasteiger charge is 2.09. The molecule has 0 aliphatic carbocycles. The molecule has 102 valence electrons. The van der Waals surface area contributed by atoms with Gasteiger partial charge in [0, 0.05) is 17.4 Å². The monoisotopic (exact) mass is 277 g/mol. The van der Waals surface area contributed by atoms with Gasteiger partial charge in [0.2, 0.25) is 11.7 Å². The van der Waals surface area contributed by atoms with Crippen molar-refractivity contribution in [1.29, 1.82) is 0 Å². The molecule has 0 saturated heterocycles. The molecule has 0 aliphatic rings. The maximum Gasteiger partial charge on any atom is 0.236 e. The Morgan fingerprint density at radius 1 is 1.32 bits per heavy atom. The Morgan fingerprint density at radius 2 is 2.05 bits per heavy atom. The second kappa shape index (κ2) is 6.73. The molecule has 1 aromatic carbocycles. The summed E-state index contributed by atoms with van der Waals surface area (Å²) in [6.07, 6.45) is 0.992. The quantitative estimate of drug-likeness (QED) is 0.879. The van der Waals surface area contributed by atoms with E-state index in [1.54, 1.807) is 11.8 Å². The van der Waals surface area contributed by atoms with Crippen molar-refractivity contribution in [2.45, 2.75) is 32.1 Å². The van der Waals surface area contributed by atoms with Crippen molar-refractivity contribution in [3.63, 3.8) is 0 Å². The van der Waals surface area contributed by atoms with Gasteiger partial charge in [0.1, 0.15) is 0 Å². The van der Waals surface area contributed by atoms with Crippen LogP contribution in [0.15, 0.2) is 28.8 Å². The number of nitrogens with zero attached hydrogens (tertiary/aromatic N) is 2. The summed E-state index contributed by atoms with van der Waals surface area (Å²) >= 11 is 1.73. The first-order valence-corrected chi connectivity index (χ1v) is 7.57. The number of hydrogen-bond donors (Lipinski definition) is 1. The molecule has 2 aromatic rings. The van der Waals surface area contributed by atoms with E-state index >= 15 is 0 Å². The topological polar surface area (TPSA) is 64.9 Å². The predicted molar refractivity (Wildman–Crippen MR) is 78.9 cm³/mol. The Kier molecular flexibility index (Phi) is 4.99. The first-order valence-electron chi connectivity index (χ1n) is 6.42. The molecule has 4 nitrogen and oxygen atoms in total. The van der Waals surface area contributed by atoms with Gasteiger partial charge in [-0.05, 0) is 13.3 Å². The van der Waals surface area contributed by atoms with Gasteiger partial charge in [0.25, 0.3) is 0 Å². The van der Waals surface area contributed by atoms with E-state index in [9.17, 15) is 0 Å². The number of thioether (sulfide) groups is 1. The Labute approximate surface area is 117 Å². The van der Waals surface area contributed by atoms with Crippen LogP contribution in [0.3, 0.4) is 0 Å². The van der Waals surface area contributed by atoms with Crippen molar-refractivity contribution in [3.8, 4) is 11.4 Å². The second-order valence-corrected chi connectivity index (χ2v) is 5.59. The molecule has 1 atom stereocenters. The van der Waals surface area contributed by atoms with Gasteiger partial charge in [-0.2, -0.15) is 16.7 Å². The van der Waals surface area contributed by atoms with Crippen LogP contribution in [0.25, 0.3) is 11.4 Å². The van der Waals surface area contributed by atoms with Crippen LogP contribution in [0.1, 0.15) is 24.8 Å². The van der Waals surface area contributed by atoms with Crippen molar-refractivity contribution >= 4 is 11.8 Å². The molecule has 0 saturated carbocycles. The largest absolute Gasteiger partial charge is 0.338 e. The van der Waals surface area contributed by atoms with Crippen LogP contribution in [0.4, 0.5) is 0 Å². The fourth-order valence-electron chi connectivity index (χ4n) is 1.55. The Balaban J connectivity index is 1.93. The number of hydrogen-bond acceptors (Lipinski definition) is 5. The van der Waals surface area contributed by atoms with Gasteiger partial charge in [-0.1, -0.05) is 41.9 Å². The third-order valence-corrected chi connectivity index (χ3v) is 3.97. The summed E-state index contributed by atoms with van der Waals surface area (Å²) in [6.45, 7) is 4.15. The molecule has 0 radical (unpaired) electrons. The maximum absolute atomic E-state index is 5.86. The maximum atomic E-state index is 5.86. The second-order valence-electron chi connectivity index (χ2n) is 4.56. The van der Waals surface area contributed by atoms with E-state index in [-0.39, 0.29) is 6.04 Å². The normalized spacial score (nSPS) is 12.6. The van der Waals surface area contributed by atoms with E-state index in [1.165, 1.54) is 5.56 Å². The molecular weight excluding hydrogens is 258 g/mol. The molecule has 2 rings (SSSR count). The summed E-state index contributed by atoms with van der Waals surface area (Å²) in [6, 6.07) is 8.33. The Bertz CT molecular complexity index is 510. The van der Waals surface area contributed by atoms with Crippen LogP contribution >= 0.6 is 11.8 Å². The zero-order chi connectivity index (χ0) is 13.7. The Hall–Kier alpha value is -1.33. The highest BCUT2D eigenvalue weighted by Crippen LogP contribution is 2.18. The van der Waals surface area contributed by atoms with Gasteiger partial charge >= 0.3 is 0 Å². The SMILES string of the molecule is CCC(N)CSCc1nc(-c2ccc(C)cc2)no1. The molecule has 5 heteroatoms. The lowest BCUT2D eigenvalue weighted by atomic mass is 10.1. The average Bonchev–Trinajstić information content (AvgIpc) is 2.88. The fraction of sp³-hybridized carbons (Fsp3) is 0.429. The molecule has 0 spiro atoms. The minimum absolute atomic E-state index is 0.240. The summed E-state index contributed by atoms with van der Waals surface area (Å²) in [5.74, 6) is 2.94. The lowest BCUT2D eigenvalue weighted by Crippen LogP contribution is -2.21. The summed E-state index contributed by atoms with van der Waals surface area (Å²) in [7, 11) is 0. The highest BCUT2D eigenvalue weighted by molar-refractivity contribution is 7.98. The molecule has 1 unspecified atom stereocenters. The molecular formula is C14H19N3OS. The van der Waals surface area contributed by atoms with Crippen LogP contribution in [0.5, 0.6) is 0 Å². The van der Waals surface area contributed by atoms with Gasteiger partial charge in [-0.25, -0.2) is 0 Å². The van der Waals surface area contributed by atoms with Crippen molar-refractivity contribution in [1.82, 2.24) is 10.1 Å². The molecule has 1 heterocycles. The van der Waals surface area contributed by atoms with Crippen LogP contribution < -0.4 is 5.73 Å². The van der Waals surface area contributed by atoms with Gasteiger partial charge in [0.05, 0.1) is 5.75 Å². The van der Waals surface area contributed by atoms with E-state index in [2.05, 4.69) is 24.0 Å². The fourth-order valence-corrected chi connectivity index (χ4v) is 2.50. The van der Waals surface area contributed by atoms with E-state index in [0.29, 0.717) is 17.5 Å². The molecule has 0 amide bonds. The van der Waals surface area contributed by atoms with E-state index in [4.69, 9.17) is 10.3 Å². The van der Waals surface area contributed by atoms with Crippen molar-refractivity contribution in [2.24, 2.45) is 5.73 Å². The van der Waals surface area contributed by atoms with Gasteiger partial charge in [-0.15, -0.1) is 0 Å². The molecule has 0 bridgehead atoms. The number of nitrogens with two attached hydrogens (primary N) is 1. The summed E-state index contributed by atoms with van der Waals surface area (Å²) < 4.78 is 5.24. The zero-order valence-electron chi connectivity index (χ0n) is 11.3. The van der Waals surface area contributed by atoms with Crippen molar-refractivity contribution in [2.75, 3.05) is 5.75 Å². The highest BCUT2D eigenvalue weighted by atomic mass is 32.2. The smallest absolute Gasteiger partial charge is 0.236 e. The van der Waals surface area contributed by atoms with Gasteiger partial charge in [-0.3, -0.25) is 0 Å². The van der Waals surface area contributed by atoms with Crippen LogP contribution in [0, 0.1) is 6.92 Å². The molecule has 0 fully saturated rings. The van der Waals surface area contributed by atoms with Gasteiger partial charge in [0.15, 0.2) is 0 Å². The van der Waals surface area contributed by atoms with Gasteiger partial charge < -0.3 is 10.3 Å². The standard InChI is InChI=1S/C14H19N3OS/c1-3-12(15)8-19-9-13-16-14(17-18-13)11-6-4-10(2)5-7-11/h4-7,12H,3,8-9,15H2,1-2H3. The number of aromatic nitrogens is 2. The van der Waals surface area contributed by atoms with Crippen molar-refractivity contribution in [3.05, 3.63) is 35.7 Å². The lowest BCUT2D eigenvalue weighted by molar-refractivity contribution is 0.391. The number of aryl methyl sites for hydroxylation is 1. The van der Waals surface area contributed by atoms with E-state index in [1.807, 2.05) is 24.3 Å². The molecule has 19 heavy (non-hydrogen) atoms. The third-order valence-electron chi connectivity index (χ3n) is 2.86. The summed E-state index contributed by atoms with van der Waals surface area (Å²) in [4.78, 5) is 4.39. The van der Waals surface area contributed by atoms with E-state index < -0.39 is 0 Å². The van der Waals surface area contributed by atoms with E-state index in [0.717, 1.165) is 17.7 Å². The summed E-state index contributed by atoms with van der Waals surface area (Å²) in [5.41, 5.74) is 8.06. The lowest BCUT2D eigenvalue weighted by Gasteiger charge is -2.05. The first kappa shape index (κ1) is 14.1. The predicted octanol–water partition coefficient (Wildman–Crippen LogP) is 3.02. The number of rotatable bonds is 6. The average molecular weight is 277 g/mol. The zero-order valence-corrected chi connectivity index (χ0v) is 12.1. The van der Waals surface area contributed by atoms with Crippen LogP contribution in [-0.4, -0.2) is 21.9 Å². The van der Waals surface area contributed by atoms with Crippen LogP contribution in [0.2, 0.25) is 0 Å². The minimum Gasteiger partial charge on any atom is -0.338 e. The number of benzene rings is 1. The minimum atomic E-state index is 0.240. The Morgan fingerprint density at radius 3 is 2.74 bits per heavy atom. The molecule has 2 N–H and O–H groups in total. The third kappa shape index (κ3) is 4.08. The molecule has 1 aromatic heterocycles. The summed E-state index contributed by atoms with van der Waals surface area (Å²) in [5, 5.41) is 4.00. The first-order chi connectivity index (χ1) is 9.19.